The summed E-state index contributed by atoms with van der Waals surface area (Å²) >= 11 is 5.93. The van der Waals surface area contributed by atoms with Crippen molar-refractivity contribution in [1.82, 2.24) is 9.47 Å². The number of aromatic nitrogens is 1. The highest BCUT2D eigenvalue weighted by molar-refractivity contribution is 6.30. The van der Waals surface area contributed by atoms with Crippen molar-refractivity contribution in [1.29, 1.82) is 0 Å². The van der Waals surface area contributed by atoms with Crippen molar-refractivity contribution < 1.29 is 23.1 Å². The second kappa shape index (κ2) is 7.81. The van der Waals surface area contributed by atoms with Gasteiger partial charge in [-0.15, -0.1) is 0 Å². The van der Waals surface area contributed by atoms with E-state index in [-0.39, 0.29) is 30.9 Å². The van der Waals surface area contributed by atoms with Gasteiger partial charge in [-0.3, -0.25) is 4.79 Å². The van der Waals surface area contributed by atoms with Crippen LogP contribution in [-0.2, 0) is 12.7 Å². The fourth-order valence-corrected chi connectivity index (χ4v) is 3.69. The molecule has 0 unspecified atom stereocenters. The van der Waals surface area contributed by atoms with Crippen molar-refractivity contribution in [3.8, 4) is 11.1 Å². The van der Waals surface area contributed by atoms with Gasteiger partial charge in [0.15, 0.2) is 0 Å². The van der Waals surface area contributed by atoms with E-state index in [1.54, 1.807) is 54.6 Å². The molecule has 1 aliphatic rings. The van der Waals surface area contributed by atoms with Crippen LogP contribution in [0.15, 0.2) is 60.7 Å². The molecule has 0 atom stereocenters. The van der Waals surface area contributed by atoms with E-state index in [2.05, 4.69) is 0 Å². The number of aliphatic hydroxyl groups excluding tert-OH is 1. The zero-order valence-electron chi connectivity index (χ0n) is 15.7. The zero-order chi connectivity index (χ0) is 21.5. The van der Waals surface area contributed by atoms with Crippen molar-refractivity contribution in [2.45, 2.75) is 18.8 Å². The highest BCUT2D eigenvalue weighted by Gasteiger charge is 2.40. The van der Waals surface area contributed by atoms with Gasteiger partial charge in [0.05, 0.1) is 6.10 Å². The molecule has 1 amide bonds. The van der Waals surface area contributed by atoms with E-state index in [9.17, 15) is 23.1 Å². The molecule has 0 bridgehead atoms. The van der Waals surface area contributed by atoms with Gasteiger partial charge in [-0.1, -0.05) is 54.1 Å². The molecule has 0 radical (unpaired) electrons. The molecule has 30 heavy (non-hydrogen) atoms. The molecule has 8 heteroatoms. The first-order valence-electron chi connectivity index (χ1n) is 9.32. The lowest BCUT2D eigenvalue weighted by Crippen LogP contribution is -2.54. The third-order valence-electron chi connectivity index (χ3n) is 5.08. The van der Waals surface area contributed by atoms with E-state index < -0.39 is 23.9 Å². The molecule has 1 N–H and O–H groups in total. The molecule has 2 aromatic carbocycles. The summed E-state index contributed by atoms with van der Waals surface area (Å²) in [6.07, 6.45) is -5.31. The van der Waals surface area contributed by atoms with Crippen LogP contribution in [0.1, 0.15) is 21.7 Å². The number of β-amino-alcohol motifs (C(OH)–C–C–N with tert-alkyl or cyclic N) is 1. The predicted molar refractivity (Wildman–Crippen MR) is 107 cm³/mol. The number of hydrogen-bond donors (Lipinski definition) is 1. The lowest BCUT2D eigenvalue weighted by Gasteiger charge is -2.36. The van der Waals surface area contributed by atoms with Crippen LogP contribution in [-0.4, -0.2) is 39.7 Å². The summed E-state index contributed by atoms with van der Waals surface area (Å²) in [5, 5.41) is 10.0. The first-order chi connectivity index (χ1) is 14.2. The Morgan fingerprint density at radius 2 is 1.70 bits per heavy atom. The molecule has 4 rings (SSSR count). The maximum Gasteiger partial charge on any atom is 0.431 e. The van der Waals surface area contributed by atoms with Gasteiger partial charge >= 0.3 is 6.18 Å². The van der Waals surface area contributed by atoms with Crippen molar-refractivity contribution >= 4 is 17.5 Å². The number of nitrogens with zero attached hydrogens (tertiary/aromatic N) is 2. The number of alkyl halides is 3. The van der Waals surface area contributed by atoms with Gasteiger partial charge < -0.3 is 14.6 Å². The van der Waals surface area contributed by atoms with Gasteiger partial charge in [-0.2, -0.15) is 13.2 Å². The fraction of sp³-hybridized carbons (Fsp3) is 0.227. The number of amides is 1. The molecular formula is C22H18ClF3N2O2. The average Bonchev–Trinajstić information content (AvgIpc) is 3.06. The number of benzene rings is 2. The van der Waals surface area contributed by atoms with Gasteiger partial charge in [0.25, 0.3) is 5.91 Å². The molecular weight excluding hydrogens is 417 g/mol. The maximum atomic E-state index is 13.9. The van der Waals surface area contributed by atoms with Crippen LogP contribution >= 0.6 is 11.6 Å². The zero-order valence-corrected chi connectivity index (χ0v) is 16.5. The van der Waals surface area contributed by atoms with Crippen molar-refractivity contribution in [2.75, 3.05) is 13.1 Å². The molecule has 156 valence electrons. The molecule has 0 saturated carbocycles. The number of carbonyl (C=O) groups is 1. The minimum Gasteiger partial charge on any atom is -0.389 e. The lowest BCUT2D eigenvalue weighted by molar-refractivity contribution is -0.143. The minimum absolute atomic E-state index is 0.0552. The van der Waals surface area contributed by atoms with E-state index in [0.29, 0.717) is 16.1 Å². The summed E-state index contributed by atoms with van der Waals surface area (Å²) in [5.74, 6) is -0.545. The van der Waals surface area contributed by atoms with Gasteiger partial charge in [0.1, 0.15) is 11.4 Å². The van der Waals surface area contributed by atoms with E-state index in [1.165, 1.54) is 4.90 Å². The standard InChI is InChI=1S/C22H18ClF3N2O2/c23-16-8-6-15(7-9-16)18-10-19(22(24,25)26)28(11-14-4-2-1-3-5-14)20(18)21(30)27-12-17(29)13-27/h1-10,17,29H,11-13H2. The molecule has 2 heterocycles. The Balaban J connectivity index is 1.90. The van der Waals surface area contributed by atoms with E-state index in [1.807, 2.05) is 0 Å². The second-order valence-corrected chi connectivity index (χ2v) is 7.67. The molecule has 1 aromatic heterocycles. The largest absolute Gasteiger partial charge is 0.431 e. The van der Waals surface area contributed by atoms with Crippen LogP contribution in [0.2, 0.25) is 5.02 Å². The quantitative estimate of drug-likeness (QED) is 0.647. The summed E-state index contributed by atoms with van der Waals surface area (Å²) in [4.78, 5) is 14.5. The third kappa shape index (κ3) is 3.95. The number of aliphatic hydroxyl groups is 1. The molecule has 1 fully saturated rings. The summed E-state index contributed by atoms with van der Waals surface area (Å²) < 4.78 is 42.8. The monoisotopic (exact) mass is 434 g/mol. The topological polar surface area (TPSA) is 45.5 Å². The molecule has 0 spiro atoms. The number of rotatable bonds is 4. The van der Waals surface area contributed by atoms with Crippen molar-refractivity contribution in [3.05, 3.63) is 82.6 Å². The first-order valence-corrected chi connectivity index (χ1v) is 9.70. The number of likely N-dealkylation sites (tertiary alicyclic amines) is 1. The van der Waals surface area contributed by atoms with Crippen molar-refractivity contribution in [3.63, 3.8) is 0 Å². The third-order valence-corrected chi connectivity index (χ3v) is 5.33. The molecule has 3 aromatic rings. The molecule has 1 saturated heterocycles. The summed E-state index contributed by atoms with van der Waals surface area (Å²) in [5.41, 5.74) is 0.322. The summed E-state index contributed by atoms with van der Waals surface area (Å²) in [6.45, 7) is 0.0776. The SMILES string of the molecule is O=C(c1c(-c2ccc(Cl)cc2)cc(C(F)(F)F)n1Cc1ccccc1)N1CC(O)C1. The number of halogens is 4. The fourth-order valence-electron chi connectivity index (χ4n) is 3.56. The van der Waals surface area contributed by atoms with Crippen LogP contribution in [0.25, 0.3) is 11.1 Å². The Hall–Kier alpha value is -2.77. The highest BCUT2D eigenvalue weighted by atomic mass is 35.5. The number of hydrogen-bond acceptors (Lipinski definition) is 2. The predicted octanol–water partition coefficient (Wildman–Crippen LogP) is 4.69. The first kappa shape index (κ1) is 20.5. The van der Waals surface area contributed by atoms with Crippen molar-refractivity contribution in [2.24, 2.45) is 0 Å². The Morgan fingerprint density at radius 1 is 1.07 bits per heavy atom. The van der Waals surface area contributed by atoms with Crippen LogP contribution in [0, 0.1) is 0 Å². The maximum absolute atomic E-state index is 13.9. The normalized spacial score (nSPS) is 14.6. The average molecular weight is 435 g/mol. The Labute approximate surface area is 176 Å². The Kier molecular flexibility index (Phi) is 5.34. The van der Waals surface area contributed by atoms with Gasteiger partial charge in [-0.25, -0.2) is 0 Å². The lowest BCUT2D eigenvalue weighted by atomic mass is 10.0. The smallest absolute Gasteiger partial charge is 0.389 e. The van der Waals surface area contributed by atoms with Crippen LogP contribution in [0.3, 0.4) is 0 Å². The second-order valence-electron chi connectivity index (χ2n) is 7.23. The van der Waals surface area contributed by atoms with Crippen LogP contribution < -0.4 is 0 Å². The highest BCUT2D eigenvalue weighted by Crippen LogP contribution is 2.38. The van der Waals surface area contributed by atoms with Crippen LogP contribution in [0.5, 0.6) is 0 Å². The van der Waals surface area contributed by atoms with Crippen LogP contribution in [0.4, 0.5) is 13.2 Å². The van der Waals surface area contributed by atoms with Gasteiger partial charge in [-0.05, 0) is 29.3 Å². The molecule has 4 nitrogen and oxygen atoms in total. The van der Waals surface area contributed by atoms with E-state index >= 15 is 0 Å². The molecule has 1 aliphatic heterocycles. The minimum atomic E-state index is -4.65. The summed E-state index contributed by atoms with van der Waals surface area (Å²) in [6, 6.07) is 16.0. The summed E-state index contributed by atoms with van der Waals surface area (Å²) in [7, 11) is 0. The Morgan fingerprint density at radius 3 is 2.27 bits per heavy atom. The Bertz CT molecular complexity index is 1060. The van der Waals surface area contributed by atoms with Gasteiger partial charge in [0, 0.05) is 30.2 Å². The van der Waals surface area contributed by atoms with E-state index in [0.717, 1.165) is 10.6 Å². The molecule has 0 aliphatic carbocycles. The van der Waals surface area contributed by atoms with Gasteiger partial charge in [0.2, 0.25) is 0 Å². The number of carbonyl (C=O) groups excluding carboxylic acids is 1. The van der Waals surface area contributed by atoms with E-state index in [4.69, 9.17) is 11.6 Å².